The van der Waals surface area contributed by atoms with E-state index >= 15 is 0 Å². The molecule has 0 radical (unpaired) electrons. The number of aromatic nitrogens is 4. The molecule has 3 rings (SSSR count). The number of carbonyl (C=O) groups is 2. The summed E-state index contributed by atoms with van der Waals surface area (Å²) in [6, 6.07) is 8.45. The number of amides is 2. The number of rotatable bonds is 4. The Hall–Kier alpha value is -2.94. The van der Waals surface area contributed by atoms with Crippen LogP contribution in [0.4, 0.5) is 11.4 Å². The lowest BCUT2D eigenvalue weighted by molar-refractivity contribution is 0.101. The summed E-state index contributed by atoms with van der Waals surface area (Å²) in [5.41, 5.74) is 1.72. The number of aromatic amines is 1. The van der Waals surface area contributed by atoms with Crippen LogP contribution in [-0.4, -0.2) is 31.8 Å². The molecule has 0 spiro atoms. The van der Waals surface area contributed by atoms with Gasteiger partial charge in [0, 0.05) is 24.6 Å². The molecule has 0 aliphatic rings. The summed E-state index contributed by atoms with van der Waals surface area (Å²) in [5, 5.41) is 15.9. The molecule has 0 unspecified atom stereocenters. The van der Waals surface area contributed by atoms with E-state index in [4.69, 9.17) is 0 Å². The predicted molar refractivity (Wildman–Crippen MR) is 91.8 cm³/mol. The van der Waals surface area contributed by atoms with Crippen molar-refractivity contribution in [2.75, 3.05) is 10.6 Å². The second-order valence-electron chi connectivity index (χ2n) is 4.96. The predicted octanol–water partition coefficient (Wildman–Crippen LogP) is 2.41. The van der Waals surface area contributed by atoms with Gasteiger partial charge in [0.1, 0.15) is 5.69 Å². The Kier molecular flexibility index (Phi) is 4.43. The second kappa shape index (κ2) is 6.67. The van der Waals surface area contributed by atoms with Gasteiger partial charge < -0.3 is 10.6 Å². The Morgan fingerprint density at radius 3 is 2.46 bits per heavy atom. The molecule has 0 fully saturated rings. The molecule has 9 heteroatoms. The number of benzene rings is 1. The van der Waals surface area contributed by atoms with Gasteiger partial charge in [0.05, 0.1) is 10.7 Å². The maximum atomic E-state index is 12.1. The van der Waals surface area contributed by atoms with Gasteiger partial charge in [-0.2, -0.15) is 10.2 Å². The van der Waals surface area contributed by atoms with E-state index in [0.29, 0.717) is 27.2 Å². The van der Waals surface area contributed by atoms with Crippen molar-refractivity contribution in [3.8, 4) is 0 Å². The minimum Gasteiger partial charge on any atom is -0.321 e. The smallest absolute Gasteiger partial charge is 0.276 e. The number of anilines is 2. The maximum absolute atomic E-state index is 12.1. The fraction of sp³-hybridized carbons (Fsp3) is 0.0667. The minimum absolute atomic E-state index is 0.313. The fourth-order valence-corrected chi connectivity index (χ4v) is 2.40. The van der Waals surface area contributed by atoms with Crippen molar-refractivity contribution in [2.24, 2.45) is 7.05 Å². The number of H-pyrrole nitrogens is 1. The number of aryl methyl sites for hydroxylation is 1. The summed E-state index contributed by atoms with van der Waals surface area (Å²) in [4.78, 5) is 24.2. The molecule has 2 aromatic heterocycles. The number of carbonyl (C=O) groups excluding carboxylic acids is 2. The third kappa shape index (κ3) is 3.51. The van der Waals surface area contributed by atoms with Gasteiger partial charge in [0.2, 0.25) is 0 Å². The van der Waals surface area contributed by atoms with Crippen molar-refractivity contribution >= 4 is 39.1 Å². The molecule has 0 aliphatic heterocycles. The van der Waals surface area contributed by atoms with Gasteiger partial charge in [-0.3, -0.25) is 19.4 Å². The van der Waals surface area contributed by atoms with E-state index in [1.165, 1.54) is 6.20 Å². The first-order chi connectivity index (χ1) is 11.5. The van der Waals surface area contributed by atoms with E-state index in [2.05, 4.69) is 41.9 Å². The molecule has 2 amide bonds. The SMILES string of the molecule is Cn1ccc(C(=O)Nc2cccc(NC(=O)c3[nH]ncc3Br)c2)n1. The van der Waals surface area contributed by atoms with Crippen LogP contribution in [0.2, 0.25) is 0 Å². The second-order valence-corrected chi connectivity index (χ2v) is 5.81. The third-order valence-electron chi connectivity index (χ3n) is 3.14. The summed E-state index contributed by atoms with van der Waals surface area (Å²) in [5.74, 6) is -0.664. The molecule has 0 saturated carbocycles. The average Bonchev–Trinajstić information content (AvgIpc) is 3.16. The molecule has 1 aromatic carbocycles. The van der Waals surface area contributed by atoms with E-state index < -0.39 is 0 Å². The number of hydrogen-bond acceptors (Lipinski definition) is 4. The summed E-state index contributed by atoms with van der Waals surface area (Å²) in [6.07, 6.45) is 3.19. The van der Waals surface area contributed by atoms with Crippen LogP contribution in [0.5, 0.6) is 0 Å². The zero-order chi connectivity index (χ0) is 17.1. The van der Waals surface area contributed by atoms with E-state index in [0.717, 1.165) is 0 Å². The highest BCUT2D eigenvalue weighted by atomic mass is 79.9. The zero-order valence-electron chi connectivity index (χ0n) is 12.6. The first-order valence-electron chi connectivity index (χ1n) is 6.94. The first-order valence-corrected chi connectivity index (χ1v) is 7.73. The van der Waals surface area contributed by atoms with Gasteiger partial charge in [-0.25, -0.2) is 0 Å². The summed E-state index contributed by atoms with van der Waals surface area (Å²) in [6.45, 7) is 0. The quantitative estimate of drug-likeness (QED) is 0.637. The van der Waals surface area contributed by atoms with E-state index in [-0.39, 0.29) is 11.8 Å². The molecule has 122 valence electrons. The molecule has 24 heavy (non-hydrogen) atoms. The Bertz CT molecular complexity index is 901. The van der Waals surface area contributed by atoms with Crippen LogP contribution >= 0.6 is 15.9 Å². The van der Waals surface area contributed by atoms with Crippen molar-refractivity contribution in [2.45, 2.75) is 0 Å². The van der Waals surface area contributed by atoms with E-state index in [9.17, 15) is 9.59 Å². The van der Waals surface area contributed by atoms with Crippen LogP contribution in [0.1, 0.15) is 21.0 Å². The molecule has 0 saturated heterocycles. The highest BCUT2D eigenvalue weighted by Crippen LogP contribution is 2.18. The average molecular weight is 389 g/mol. The number of halogens is 1. The Morgan fingerprint density at radius 2 is 1.88 bits per heavy atom. The largest absolute Gasteiger partial charge is 0.321 e. The van der Waals surface area contributed by atoms with Crippen molar-refractivity contribution in [1.82, 2.24) is 20.0 Å². The summed E-state index contributed by atoms with van der Waals surface area (Å²) < 4.78 is 2.12. The van der Waals surface area contributed by atoms with Crippen LogP contribution in [0.25, 0.3) is 0 Å². The lowest BCUT2D eigenvalue weighted by Gasteiger charge is -2.07. The maximum Gasteiger partial charge on any atom is 0.276 e. The molecule has 0 atom stereocenters. The molecule has 8 nitrogen and oxygen atoms in total. The number of nitrogens with one attached hydrogen (secondary N) is 3. The molecular formula is C15H13BrN6O2. The number of hydrogen-bond donors (Lipinski definition) is 3. The fourth-order valence-electron chi connectivity index (χ4n) is 2.03. The Labute approximate surface area is 145 Å². The van der Waals surface area contributed by atoms with Gasteiger partial charge in [-0.1, -0.05) is 6.07 Å². The molecule has 2 heterocycles. The van der Waals surface area contributed by atoms with Crippen LogP contribution < -0.4 is 10.6 Å². The van der Waals surface area contributed by atoms with Crippen molar-refractivity contribution < 1.29 is 9.59 Å². The van der Waals surface area contributed by atoms with Crippen LogP contribution in [-0.2, 0) is 7.05 Å². The molecule has 0 aliphatic carbocycles. The van der Waals surface area contributed by atoms with Crippen molar-refractivity contribution in [1.29, 1.82) is 0 Å². The molecule has 3 aromatic rings. The Balaban J connectivity index is 1.71. The van der Waals surface area contributed by atoms with Gasteiger partial charge in [-0.05, 0) is 40.2 Å². The molecule has 0 bridgehead atoms. The van der Waals surface area contributed by atoms with Crippen molar-refractivity contribution in [3.05, 3.63) is 58.6 Å². The highest BCUT2D eigenvalue weighted by molar-refractivity contribution is 9.10. The van der Waals surface area contributed by atoms with E-state index in [1.807, 2.05) is 0 Å². The normalized spacial score (nSPS) is 10.4. The monoisotopic (exact) mass is 388 g/mol. The summed E-state index contributed by atoms with van der Waals surface area (Å²) >= 11 is 3.23. The van der Waals surface area contributed by atoms with Gasteiger partial charge >= 0.3 is 0 Å². The standard InChI is InChI=1S/C15H13BrN6O2/c1-22-6-5-12(21-22)14(23)18-9-3-2-4-10(7-9)19-15(24)13-11(16)8-17-20-13/h2-8H,1H3,(H,17,20)(H,18,23)(H,19,24). The van der Waals surface area contributed by atoms with Gasteiger partial charge in [-0.15, -0.1) is 0 Å². The Morgan fingerprint density at radius 1 is 1.17 bits per heavy atom. The molecule has 3 N–H and O–H groups in total. The van der Waals surface area contributed by atoms with E-state index in [1.54, 1.807) is 48.3 Å². The topological polar surface area (TPSA) is 105 Å². The lowest BCUT2D eigenvalue weighted by atomic mass is 10.2. The van der Waals surface area contributed by atoms with Crippen LogP contribution in [0.15, 0.2) is 47.2 Å². The minimum atomic E-state index is -0.340. The third-order valence-corrected chi connectivity index (χ3v) is 3.75. The zero-order valence-corrected chi connectivity index (χ0v) is 14.2. The first kappa shape index (κ1) is 15.9. The summed E-state index contributed by atoms with van der Waals surface area (Å²) in [7, 11) is 1.74. The van der Waals surface area contributed by atoms with Crippen molar-refractivity contribution in [3.63, 3.8) is 0 Å². The van der Waals surface area contributed by atoms with Crippen LogP contribution in [0.3, 0.4) is 0 Å². The van der Waals surface area contributed by atoms with Gasteiger partial charge in [0.25, 0.3) is 11.8 Å². The van der Waals surface area contributed by atoms with Gasteiger partial charge in [0.15, 0.2) is 5.69 Å². The number of nitrogens with zero attached hydrogens (tertiary/aromatic N) is 3. The molecular weight excluding hydrogens is 376 g/mol. The van der Waals surface area contributed by atoms with Crippen LogP contribution in [0, 0.1) is 0 Å². The lowest BCUT2D eigenvalue weighted by Crippen LogP contribution is -2.15. The highest BCUT2D eigenvalue weighted by Gasteiger charge is 2.13.